The van der Waals surface area contributed by atoms with Crippen LogP contribution in [0.2, 0.25) is 5.02 Å². The lowest BCUT2D eigenvalue weighted by Gasteiger charge is -1.94. The Morgan fingerprint density at radius 2 is 2.00 bits per heavy atom. The van der Waals surface area contributed by atoms with Gasteiger partial charge in [-0.3, -0.25) is 0 Å². The molecule has 2 nitrogen and oxygen atoms in total. The Balaban J connectivity index is 0.000000461. The maximum atomic E-state index is 5.96. The average molecular weight is 229 g/mol. The highest BCUT2D eigenvalue weighted by molar-refractivity contribution is 7.22. The smallest absolute Gasteiger partial charge is 0.181 e. The molecular weight excluding hydrogens is 216 g/mol. The van der Waals surface area contributed by atoms with Crippen LogP contribution in [0.15, 0.2) is 12.1 Å². The second-order valence-electron chi connectivity index (χ2n) is 2.59. The minimum atomic E-state index is 0.571. The molecule has 0 saturated heterocycles. The van der Waals surface area contributed by atoms with Gasteiger partial charge in [-0.1, -0.05) is 42.9 Å². The molecule has 0 aliphatic heterocycles. The van der Waals surface area contributed by atoms with Crippen molar-refractivity contribution < 1.29 is 0 Å². The first-order valence-electron chi connectivity index (χ1n) is 4.49. The Kier molecular flexibility index (Phi) is 3.72. The third-order valence-electron chi connectivity index (χ3n) is 1.71. The lowest BCUT2D eigenvalue weighted by atomic mass is 10.2. The molecule has 1 aromatic carbocycles. The lowest BCUT2D eigenvalue weighted by molar-refractivity contribution is 1.43. The fraction of sp³-hybridized carbons (Fsp3) is 0.300. The summed E-state index contributed by atoms with van der Waals surface area (Å²) in [5, 5.41) is 1.30. The number of nitrogen functional groups attached to an aromatic ring is 1. The first kappa shape index (κ1) is 11.3. The first-order valence-corrected chi connectivity index (χ1v) is 5.69. The summed E-state index contributed by atoms with van der Waals surface area (Å²) in [6, 6.07) is 3.82. The Hall–Kier alpha value is -0.800. The molecule has 1 aromatic heterocycles. The number of rotatable bonds is 0. The lowest BCUT2D eigenvalue weighted by Crippen LogP contribution is -1.80. The number of aromatic nitrogens is 1. The minimum absolute atomic E-state index is 0.571. The van der Waals surface area contributed by atoms with E-state index >= 15 is 0 Å². The predicted octanol–water partition coefficient (Wildman–Crippen LogP) is 3.87. The Morgan fingerprint density at radius 1 is 1.36 bits per heavy atom. The normalized spacial score (nSPS) is 9.71. The number of fused-ring (bicyclic) bond motifs is 1. The maximum Gasteiger partial charge on any atom is 0.181 e. The number of hydrogen-bond acceptors (Lipinski definition) is 3. The number of anilines is 1. The number of nitrogens with two attached hydrogens (primary N) is 1. The van der Waals surface area contributed by atoms with Gasteiger partial charge in [0.15, 0.2) is 5.13 Å². The van der Waals surface area contributed by atoms with Crippen LogP contribution in [0.4, 0.5) is 5.13 Å². The van der Waals surface area contributed by atoms with Crippen molar-refractivity contribution >= 4 is 38.3 Å². The van der Waals surface area contributed by atoms with Crippen molar-refractivity contribution in [3.8, 4) is 0 Å². The predicted molar refractivity (Wildman–Crippen MR) is 65.1 cm³/mol. The highest BCUT2D eigenvalue weighted by Crippen LogP contribution is 2.32. The second kappa shape index (κ2) is 4.62. The van der Waals surface area contributed by atoms with E-state index in [9.17, 15) is 0 Å². The molecule has 0 bridgehead atoms. The van der Waals surface area contributed by atoms with Crippen molar-refractivity contribution in [3.63, 3.8) is 0 Å². The molecule has 76 valence electrons. The molecule has 0 fully saturated rings. The fourth-order valence-corrected chi connectivity index (χ4v) is 2.20. The van der Waals surface area contributed by atoms with Gasteiger partial charge in [0.25, 0.3) is 0 Å². The van der Waals surface area contributed by atoms with E-state index in [4.69, 9.17) is 17.3 Å². The molecule has 2 rings (SSSR count). The van der Waals surface area contributed by atoms with Gasteiger partial charge in [0.05, 0.1) is 15.2 Å². The number of nitrogens with zero attached hydrogens (tertiary/aromatic N) is 1. The SMILES string of the molecule is CC.Cc1ccc(Cl)c2sc(N)nc12. The Morgan fingerprint density at radius 3 is 2.57 bits per heavy atom. The Bertz CT molecular complexity index is 398. The standard InChI is InChI=1S/C8H7ClN2S.C2H6/c1-4-2-3-5(9)7-6(4)11-8(10)12-7;1-2/h2-3H,1H3,(H2,10,11);1-2H3. The third kappa shape index (κ3) is 1.99. The van der Waals surface area contributed by atoms with Crippen molar-refractivity contribution in [2.45, 2.75) is 20.8 Å². The van der Waals surface area contributed by atoms with Crippen LogP contribution in [0.5, 0.6) is 0 Å². The summed E-state index contributed by atoms with van der Waals surface area (Å²) in [5.74, 6) is 0. The third-order valence-corrected chi connectivity index (χ3v) is 3.06. The second-order valence-corrected chi connectivity index (χ2v) is 4.03. The monoisotopic (exact) mass is 228 g/mol. The molecule has 2 N–H and O–H groups in total. The van der Waals surface area contributed by atoms with E-state index in [0.29, 0.717) is 5.13 Å². The zero-order valence-corrected chi connectivity index (χ0v) is 10.0. The van der Waals surface area contributed by atoms with Crippen LogP contribution < -0.4 is 5.73 Å². The number of thiazole rings is 1. The van der Waals surface area contributed by atoms with E-state index in [2.05, 4.69) is 4.98 Å². The highest BCUT2D eigenvalue weighted by atomic mass is 35.5. The largest absolute Gasteiger partial charge is 0.375 e. The van der Waals surface area contributed by atoms with Crippen molar-refractivity contribution in [2.75, 3.05) is 5.73 Å². The van der Waals surface area contributed by atoms with Gasteiger partial charge in [0.2, 0.25) is 0 Å². The van der Waals surface area contributed by atoms with Crippen LogP contribution >= 0.6 is 22.9 Å². The van der Waals surface area contributed by atoms with Gasteiger partial charge in [-0.2, -0.15) is 0 Å². The molecule has 0 saturated carbocycles. The molecule has 1 heterocycles. The van der Waals surface area contributed by atoms with Crippen molar-refractivity contribution in [3.05, 3.63) is 22.7 Å². The molecule has 0 atom stereocenters. The molecular formula is C10H13ClN2S. The van der Waals surface area contributed by atoms with Crippen molar-refractivity contribution in [1.82, 2.24) is 4.98 Å². The van der Waals surface area contributed by atoms with Gasteiger partial charge in [-0.05, 0) is 18.6 Å². The van der Waals surface area contributed by atoms with Gasteiger partial charge < -0.3 is 5.73 Å². The van der Waals surface area contributed by atoms with Crippen LogP contribution in [0.3, 0.4) is 0 Å². The molecule has 4 heteroatoms. The summed E-state index contributed by atoms with van der Waals surface area (Å²) in [6.45, 7) is 6.00. The molecule has 0 spiro atoms. The molecule has 0 aliphatic rings. The van der Waals surface area contributed by atoms with E-state index < -0.39 is 0 Å². The summed E-state index contributed by atoms with van der Waals surface area (Å²) in [4.78, 5) is 4.19. The van der Waals surface area contributed by atoms with Crippen LogP contribution in [0.1, 0.15) is 19.4 Å². The van der Waals surface area contributed by atoms with Gasteiger partial charge in [-0.15, -0.1) is 0 Å². The van der Waals surface area contributed by atoms with E-state index in [1.807, 2.05) is 32.9 Å². The first-order chi connectivity index (χ1) is 6.68. The van der Waals surface area contributed by atoms with Crippen molar-refractivity contribution in [2.24, 2.45) is 0 Å². The average Bonchev–Trinajstić information content (AvgIpc) is 2.58. The van der Waals surface area contributed by atoms with Crippen LogP contribution in [-0.4, -0.2) is 4.98 Å². The van der Waals surface area contributed by atoms with Crippen LogP contribution in [0.25, 0.3) is 10.2 Å². The molecule has 0 radical (unpaired) electrons. The van der Waals surface area contributed by atoms with Gasteiger partial charge >= 0.3 is 0 Å². The zero-order chi connectivity index (χ0) is 10.7. The topological polar surface area (TPSA) is 38.9 Å². The van der Waals surface area contributed by atoms with Crippen LogP contribution in [-0.2, 0) is 0 Å². The number of hydrogen-bond donors (Lipinski definition) is 1. The van der Waals surface area contributed by atoms with E-state index in [-0.39, 0.29) is 0 Å². The number of halogens is 1. The zero-order valence-electron chi connectivity index (χ0n) is 8.47. The Labute approximate surface area is 92.7 Å². The van der Waals surface area contributed by atoms with Gasteiger partial charge in [-0.25, -0.2) is 4.98 Å². The van der Waals surface area contributed by atoms with E-state index in [0.717, 1.165) is 20.8 Å². The molecule has 0 unspecified atom stereocenters. The van der Waals surface area contributed by atoms with Gasteiger partial charge in [0.1, 0.15) is 0 Å². The summed E-state index contributed by atoms with van der Waals surface area (Å²) in [6.07, 6.45) is 0. The van der Waals surface area contributed by atoms with Crippen molar-refractivity contribution in [1.29, 1.82) is 0 Å². The van der Waals surface area contributed by atoms with Crippen LogP contribution in [0, 0.1) is 6.92 Å². The molecule has 14 heavy (non-hydrogen) atoms. The molecule has 0 amide bonds. The number of benzene rings is 1. The summed E-state index contributed by atoms with van der Waals surface area (Å²) in [7, 11) is 0. The van der Waals surface area contributed by atoms with Gasteiger partial charge in [0, 0.05) is 0 Å². The summed E-state index contributed by atoms with van der Waals surface area (Å²) < 4.78 is 0.981. The highest BCUT2D eigenvalue weighted by Gasteiger charge is 2.06. The maximum absolute atomic E-state index is 5.96. The summed E-state index contributed by atoms with van der Waals surface area (Å²) in [5.41, 5.74) is 7.61. The quantitative estimate of drug-likeness (QED) is 0.744. The fourth-order valence-electron chi connectivity index (χ4n) is 1.12. The number of aryl methyl sites for hydroxylation is 1. The van der Waals surface area contributed by atoms with E-state index in [1.54, 1.807) is 0 Å². The summed E-state index contributed by atoms with van der Waals surface area (Å²) >= 11 is 7.38. The molecule has 2 aromatic rings. The minimum Gasteiger partial charge on any atom is -0.375 e. The van der Waals surface area contributed by atoms with E-state index in [1.165, 1.54) is 11.3 Å². The molecule has 0 aliphatic carbocycles.